The van der Waals surface area contributed by atoms with E-state index in [0.29, 0.717) is 17.3 Å². The number of ether oxygens (including phenoxy) is 1. The van der Waals surface area contributed by atoms with Crippen LogP contribution in [0.5, 0.6) is 11.6 Å². The van der Waals surface area contributed by atoms with Crippen LogP contribution >= 0.6 is 11.6 Å². The summed E-state index contributed by atoms with van der Waals surface area (Å²) in [5.74, 6) is 0.701. The number of nitrogens with zero attached hydrogens (tertiary/aromatic N) is 2. The third kappa shape index (κ3) is 4.34. The molecule has 0 amide bonds. The molecule has 0 saturated heterocycles. The van der Waals surface area contributed by atoms with Gasteiger partial charge in [-0.1, -0.05) is 41.5 Å². The van der Waals surface area contributed by atoms with Gasteiger partial charge in [-0.3, -0.25) is 0 Å². The van der Waals surface area contributed by atoms with Crippen LogP contribution in [-0.2, 0) is 10.8 Å². The molecule has 0 radical (unpaired) electrons. The number of hydrogen-bond donors (Lipinski definition) is 2. The minimum Gasteiger partial charge on any atom is -0.507 e. The maximum Gasteiger partial charge on any atom is 0.241 e. The maximum absolute atomic E-state index is 10.8. The molecule has 0 spiro atoms. The third-order valence-corrected chi connectivity index (χ3v) is 4.10. The highest BCUT2D eigenvalue weighted by Gasteiger charge is 2.26. The maximum atomic E-state index is 10.8. The average molecular weight is 364 g/mol. The van der Waals surface area contributed by atoms with Gasteiger partial charge < -0.3 is 15.2 Å². The van der Waals surface area contributed by atoms with Gasteiger partial charge in [-0.15, -0.1) is 0 Å². The number of anilines is 2. The lowest BCUT2D eigenvalue weighted by molar-refractivity contribution is 0.399. The Morgan fingerprint density at radius 1 is 1.04 bits per heavy atom. The quantitative estimate of drug-likeness (QED) is 0.580. The van der Waals surface area contributed by atoms with Crippen molar-refractivity contribution in [1.82, 2.24) is 9.97 Å². The van der Waals surface area contributed by atoms with E-state index in [1.54, 1.807) is 6.20 Å². The summed E-state index contributed by atoms with van der Waals surface area (Å²) in [4.78, 5) is 8.07. The first kappa shape index (κ1) is 19.3. The predicted molar refractivity (Wildman–Crippen MR) is 102 cm³/mol. The molecule has 1 aromatic heterocycles. The fraction of sp³-hybridized carbons (Fsp3) is 0.474. The predicted octanol–water partition coefficient (Wildman–Crippen LogP) is 5.18. The van der Waals surface area contributed by atoms with Crippen LogP contribution in [0.3, 0.4) is 0 Å². The van der Waals surface area contributed by atoms with Crippen molar-refractivity contribution >= 4 is 23.0 Å². The topological polar surface area (TPSA) is 67.3 Å². The van der Waals surface area contributed by atoms with Gasteiger partial charge in [0.05, 0.1) is 13.3 Å². The average Bonchev–Trinajstić information content (AvgIpc) is 2.48. The Labute approximate surface area is 154 Å². The van der Waals surface area contributed by atoms with Crippen LogP contribution in [0.15, 0.2) is 18.3 Å². The summed E-state index contributed by atoms with van der Waals surface area (Å²) in [5, 5.41) is 14.2. The van der Waals surface area contributed by atoms with Gasteiger partial charge >= 0.3 is 0 Å². The molecule has 0 aliphatic rings. The lowest BCUT2D eigenvalue weighted by Gasteiger charge is -2.28. The molecule has 2 N–H and O–H groups in total. The largest absolute Gasteiger partial charge is 0.507 e. The molecule has 0 bridgehead atoms. The van der Waals surface area contributed by atoms with E-state index in [0.717, 1.165) is 16.8 Å². The Morgan fingerprint density at radius 2 is 1.56 bits per heavy atom. The second-order valence-electron chi connectivity index (χ2n) is 8.11. The van der Waals surface area contributed by atoms with Gasteiger partial charge in [0.1, 0.15) is 11.4 Å². The summed E-state index contributed by atoms with van der Waals surface area (Å²) < 4.78 is 5.27. The van der Waals surface area contributed by atoms with E-state index in [2.05, 4.69) is 56.8 Å². The zero-order valence-corrected chi connectivity index (χ0v) is 16.6. The number of halogens is 1. The van der Waals surface area contributed by atoms with E-state index in [9.17, 15) is 5.11 Å². The highest BCUT2D eigenvalue weighted by molar-refractivity contribution is 6.28. The Morgan fingerprint density at radius 3 is 2.00 bits per heavy atom. The number of methoxy groups -OCH3 is 1. The monoisotopic (exact) mass is 363 g/mol. The van der Waals surface area contributed by atoms with E-state index in [1.165, 1.54) is 7.11 Å². The number of phenolic OH excluding ortho intramolecular Hbond substituents is 1. The van der Waals surface area contributed by atoms with Crippen molar-refractivity contribution in [3.63, 3.8) is 0 Å². The van der Waals surface area contributed by atoms with Crippen molar-refractivity contribution < 1.29 is 9.84 Å². The molecule has 0 unspecified atom stereocenters. The zero-order valence-electron chi connectivity index (χ0n) is 15.9. The van der Waals surface area contributed by atoms with Crippen LogP contribution in [0.2, 0.25) is 5.28 Å². The van der Waals surface area contributed by atoms with E-state index < -0.39 is 0 Å². The van der Waals surface area contributed by atoms with Crippen LogP contribution in [0.1, 0.15) is 52.7 Å². The minimum absolute atomic E-state index is 0.124. The molecule has 0 aliphatic heterocycles. The first-order valence-corrected chi connectivity index (χ1v) is 8.53. The molecule has 5 nitrogen and oxygen atoms in total. The number of aromatic hydroxyl groups is 1. The summed E-state index contributed by atoms with van der Waals surface area (Å²) in [6.07, 6.45) is 1.58. The third-order valence-electron chi connectivity index (χ3n) is 3.92. The van der Waals surface area contributed by atoms with E-state index in [1.807, 2.05) is 12.1 Å². The first-order valence-electron chi connectivity index (χ1n) is 8.15. The SMILES string of the molecule is COc1nc(Cl)ncc1Nc1cc(C(C)(C)C)c(O)c(C(C)(C)C)c1. The fourth-order valence-corrected chi connectivity index (χ4v) is 2.72. The first-order chi connectivity index (χ1) is 11.4. The highest BCUT2D eigenvalue weighted by atomic mass is 35.5. The molecule has 0 atom stereocenters. The Balaban J connectivity index is 2.59. The molecule has 0 saturated carbocycles. The van der Waals surface area contributed by atoms with Gasteiger partial charge in [-0.25, -0.2) is 4.98 Å². The van der Waals surface area contributed by atoms with Crippen LogP contribution in [0.4, 0.5) is 11.4 Å². The number of nitrogens with one attached hydrogen (secondary N) is 1. The molecular formula is C19H26ClN3O2. The molecule has 1 aromatic carbocycles. The summed E-state index contributed by atoms with van der Waals surface area (Å²) in [6, 6.07) is 3.89. The summed E-state index contributed by atoms with van der Waals surface area (Å²) in [5.41, 5.74) is 2.77. The van der Waals surface area contributed by atoms with E-state index >= 15 is 0 Å². The Bertz CT molecular complexity index is 742. The van der Waals surface area contributed by atoms with Crippen molar-refractivity contribution in [2.75, 3.05) is 12.4 Å². The molecule has 1 heterocycles. The number of rotatable bonds is 3. The number of hydrogen-bond acceptors (Lipinski definition) is 5. The molecule has 0 fully saturated rings. The van der Waals surface area contributed by atoms with E-state index in [-0.39, 0.29) is 16.1 Å². The standard InChI is InChI=1S/C19H26ClN3O2/c1-18(2,3)12-8-11(9-13(15(12)24)19(4,5)6)22-14-10-21-17(20)23-16(14)25-7/h8-10,22,24H,1-7H3. The Kier molecular flexibility index (Phi) is 5.19. The van der Waals surface area contributed by atoms with Gasteiger partial charge in [-0.2, -0.15) is 4.98 Å². The molecule has 0 aliphatic carbocycles. The zero-order chi connectivity index (χ0) is 19.0. The molecule has 136 valence electrons. The van der Waals surface area contributed by atoms with Crippen molar-refractivity contribution in [2.24, 2.45) is 0 Å². The second-order valence-corrected chi connectivity index (χ2v) is 8.45. The van der Waals surface area contributed by atoms with Crippen LogP contribution in [0.25, 0.3) is 0 Å². The van der Waals surface area contributed by atoms with Crippen molar-refractivity contribution in [1.29, 1.82) is 0 Å². The van der Waals surface area contributed by atoms with E-state index in [4.69, 9.17) is 16.3 Å². The molecule has 6 heteroatoms. The van der Waals surface area contributed by atoms with Crippen molar-refractivity contribution in [3.05, 3.63) is 34.7 Å². The van der Waals surface area contributed by atoms with Crippen LogP contribution in [-0.4, -0.2) is 22.2 Å². The van der Waals surface area contributed by atoms with Crippen LogP contribution in [0, 0.1) is 0 Å². The summed E-state index contributed by atoms with van der Waals surface area (Å²) >= 11 is 5.83. The lowest BCUT2D eigenvalue weighted by atomic mass is 9.79. The minimum atomic E-state index is -0.206. The number of aromatic nitrogens is 2. The van der Waals surface area contributed by atoms with Crippen molar-refractivity contribution in [2.45, 2.75) is 52.4 Å². The second kappa shape index (κ2) is 6.71. The molecule has 2 rings (SSSR count). The van der Waals surface area contributed by atoms with Gasteiger partial charge in [0.15, 0.2) is 0 Å². The number of phenols is 1. The van der Waals surface area contributed by atoms with Gasteiger partial charge in [-0.05, 0) is 34.6 Å². The lowest BCUT2D eigenvalue weighted by Crippen LogP contribution is -2.17. The molecular weight excluding hydrogens is 338 g/mol. The summed E-state index contributed by atoms with van der Waals surface area (Å²) in [7, 11) is 1.53. The summed E-state index contributed by atoms with van der Waals surface area (Å²) in [6.45, 7) is 12.4. The fourth-order valence-electron chi connectivity index (χ4n) is 2.59. The Hall–Kier alpha value is -2.01. The number of benzene rings is 1. The van der Waals surface area contributed by atoms with Gasteiger partial charge in [0, 0.05) is 16.8 Å². The smallest absolute Gasteiger partial charge is 0.241 e. The van der Waals surface area contributed by atoms with Gasteiger partial charge in [0.25, 0.3) is 0 Å². The molecule has 25 heavy (non-hydrogen) atoms. The van der Waals surface area contributed by atoms with Gasteiger partial charge in [0.2, 0.25) is 11.2 Å². The molecule has 2 aromatic rings. The van der Waals surface area contributed by atoms with Crippen LogP contribution < -0.4 is 10.1 Å². The normalized spacial score (nSPS) is 12.2. The highest BCUT2D eigenvalue weighted by Crippen LogP contribution is 2.42. The van der Waals surface area contributed by atoms with Crippen molar-refractivity contribution in [3.8, 4) is 11.6 Å².